The molecule has 164 valence electrons. The molecule has 0 saturated carbocycles. The summed E-state index contributed by atoms with van der Waals surface area (Å²) in [7, 11) is -3.99. The lowest BCUT2D eigenvalue weighted by molar-refractivity contribution is -0.141. The number of nitrogens with two attached hydrogens (primary N) is 2. The fourth-order valence-corrected chi connectivity index (χ4v) is 3.78. The zero-order valence-electron chi connectivity index (χ0n) is 16.1. The van der Waals surface area contributed by atoms with Gasteiger partial charge in [0.1, 0.15) is 16.0 Å². The maximum absolute atomic E-state index is 12.3. The summed E-state index contributed by atoms with van der Waals surface area (Å²) in [5, 5.41) is 11.7. The molecular formula is C19H20N4O5S3. The van der Waals surface area contributed by atoms with E-state index in [0.29, 0.717) is 16.7 Å². The van der Waals surface area contributed by atoms with Crippen LogP contribution in [0.25, 0.3) is 0 Å². The molecule has 0 fully saturated rings. The van der Waals surface area contributed by atoms with Crippen molar-refractivity contribution in [1.82, 2.24) is 10.0 Å². The Morgan fingerprint density at radius 1 is 0.935 bits per heavy atom. The van der Waals surface area contributed by atoms with E-state index >= 15 is 0 Å². The lowest BCUT2D eigenvalue weighted by atomic mass is 10.0. The van der Waals surface area contributed by atoms with E-state index in [4.69, 9.17) is 35.9 Å². The Bertz CT molecular complexity index is 1100. The van der Waals surface area contributed by atoms with Crippen molar-refractivity contribution in [2.75, 3.05) is 6.54 Å². The number of aliphatic carboxylic acids is 1. The summed E-state index contributed by atoms with van der Waals surface area (Å²) in [5.41, 5.74) is 12.8. The van der Waals surface area contributed by atoms with Crippen LogP contribution >= 0.6 is 24.4 Å². The molecule has 0 radical (unpaired) electrons. The fraction of sp³-hybridized carbons (Fsp3) is 0.158. The molecule has 2 rings (SSSR count). The molecule has 9 nitrogen and oxygen atoms in total. The number of carbonyl (C=O) groups excluding carboxylic acids is 1. The number of carboxylic acid groups (broad SMARTS) is 1. The molecule has 0 aliphatic heterocycles. The van der Waals surface area contributed by atoms with Crippen molar-refractivity contribution in [3.8, 4) is 0 Å². The second-order valence-corrected chi connectivity index (χ2v) is 9.08. The summed E-state index contributed by atoms with van der Waals surface area (Å²) in [6.07, 6.45) is -0.00804. The van der Waals surface area contributed by atoms with Crippen LogP contribution in [-0.4, -0.2) is 48.0 Å². The van der Waals surface area contributed by atoms with E-state index in [1.165, 1.54) is 24.3 Å². The summed E-state index contributed by atoms with van der Waals surface area (Å²) < 4.78 is 26.8. The molecule has 0 saturated heterocycles. The number of carbonyl (C=O) groups is 2. The first-order valence-corrected chi connectivity index (χ1v) is 11.1. The van der Waals surface area contributed by atoms with Gasteiger partial charge < -0.3 is 21.9 Å². The zero-order valence-corrected chi connectivity index (χ0v) is 18.5. The molecule has 0 aliphatic rings. The highest BCUT2D eigenvalue weighted by atomic mass is 32.2. The number of amides is 1. The van der Waals surface area contributed by atoms with Gasteiger partial charge in [-0.1, -0.05) is 60.8 Å². The summed E-state index contributed by atoms with van der Waals surface area (Å²) in [6.45, 7) is -0.635. The SMILES string of the molecule is NC(=S)c1ccc(CC(NC(=O)CNS(=O)(=O)c2ccc(C(N)=S)cc2)C(=O)O)cc1. The van der Waals surface area contributed by atoms with Crippen molar-refractivity contribution in [1.29, 1.82) is 0 Å². The number of nitrogens with one attached hydrogen (secondary N) is 2. The van der Waals surface area contributed by atoms with Gasteiger partial charge in [-0.3, -0.25) is 4.79 Å². The van der Waals surface area contributed by atoms with Gasteiger partial charge in [0.25, 0.3) is 0 Å². The minimum absolute atomic E-state index is 0.00804. The number of hydrogen-bond donors (Lipinski definition) is 5. The molecule has 31 heavy (non-hydrogen) atoms. The first-order chi connectivity index (χ1) is 14.5. The molecule has 0 bridgehead atoms. The van der Waals surface area contributed by atoms with Crippen LogP contribution in [0, 0.1) is 0 Å². The van der Waals surface area contributed by atoms with Crippen LogP contribution in [0.2, 0.25) is 0 Å². The molecule has 0 aromatic heterocycles. The molecule has 1 unspecified atom stereocenters. The molecule has 1 atom stereocenters. The topological polar surface area (TPSA) is 165 Å². The second-order valence-electron chi connectivity index (χ2n) is 6.44. The van der Waals surface area contributed by atoms with Crippen LogP contribution in [0.4, 0.5) is 0 Å². The molecule has 0 spiro atoms. The summed E-state index contributed by atoms with van der Waals surface area (Å²) in [5.74, 6) is -2.06. The van der Waals surface area contributed by atoms with E-state index in [-0.39, 0.29) is 21.3 Å². The van der Waals surface area contributed by atoms with Gasteiger partial charge in [0, 0.05) is 17.5 Å². The van der Waals surface area contributed by atoms with E-state index in [1.54, 1.807) is 24.3 Å². The lowest BCUT2D eigenvalue weighted by Gasteiger charge is -2.15. The van der Waals surface area contributed by atoms with Gasteiger partial charge in [-0.15, -0.1) is 0 Å². The van der Waals surface area contributed by atoms with Gasteiger partial charge in [0.15, 0.2) is 0 Å². The Labute approximate surface area is 189 Å². The average molecular weight is 481 g/mol. The highest BCUT2D eigenvalue weighted by Gasteiger charge is 2.22. The molecule has 0 aliphatic carbocycles. The molecule has 2 aromatic rings. The van der Waals surface area contributed by atoms with E-state index in [0.717, 1.165) is 0 Å². The quantitative estimate of drug-likeness (QED) is 0.295. The standard InChI is InChI=1S/C19H20N4O5S3/c20-17(29)12-3-1-11(2-4-12)9-15(19(25)26)23-16(24)10-22-31(27,28)14-7-5-13(6-8-14)18(21)30/h1-8,15,22H,9-10H2,(H2,20,29)(H2,21,30)(H,23,24)(H,25,26). The Morgan fingerprint density at radius 3 is 1.87 bits per heavy atom. The molecule has 0 heterocycles. The maximum Gasteiger partial charge on any atom is 0.326 e. The summed E-state index contributed by atoms with van der Waals surface area (Å²) in [4.78, 5) is 23.9. The van der Waals surface area contributed by atoms with Gasteiger partial charge in [0.05, 0.1) is 11.4 Å². The van der Waals surface area contributed by atoms with Crippen molar-refractivity contribution in [3.63, 3.8) is 0 Å². The van der Waals surface area contributed by atoms with Gasteiger partial charge in [-0.05, 0) is 17.7 Å². The fourth-order valence-electron chi connectivity index (χ4n) is 2.53. The van der Waals surface area contributed by atoms with Crippen LogP contribution in [-0.2, 0) is 26.0 Å². The van der Waals surface area contributed by atoms with Crippen LogP contribution < -0.4 is 21.5 Å². The largest absolute Gasteiger partial charge is 0.480 e. The number of sulfonamides is 1. The van der Waals surface area contributed by atoms with Gasteiger partial charge in [-0.2, -0.15) is 0 Å². The Morgan fingerprint density at radius 2 is 1.42 bits per heavy atom. The smallest absolute Gasteiger partial charge is 0.326 e. The molecular weight excluding hydrogens is 460 g/mol. The summed E-state index contributed by atoms with van der Waals surface area (Å²) in [6, 6.07) is 10.8. The molecule has 12 heteroatoms. The van der Waals surface area contributed by atoms with Crippen molar-refractivity contribution >= 4 is 56.3 Å². The van der Waals surface area contributed by atoms with Gasteiger partial charge in [-0.25, -0.2) is 17.9 Å². The van der Waals surface area contributed by atoms with Crippen LogP contribution in [0.5, 0.6) is 0 Å². The maximum atomic E-state index is 12.3. The second kappa shape index (κ2) is 10.4. The first-order valence-electron chi connectivity index (χ1n) is 8.80. The third kappa shape index (κ3) is 7.07. The van der Waals surface area contributed by atoms with Crippen LogP contribution in [0.3, 0.4) is 0 Å². The minimum Gasteiger partial charge on any atom is -0.480 e. The van der Waals surface area contributed by atoms with Gasteiger partial charge >= 0.3 is 5.97 Å². The number of hydrogen-bond acceptors (Lipinski definition) is 6. The number of rotatable bonds is 10. The van der Waals surface area contributed by atoms with E-state index in [2.05, 4.69) is 10.0 Å². The van der Waals surface area contributed by atoms with Crippen LogP contribution in [0.15, 0.2) is 53.4 Å². The van der Waals surface area contributed by atoms with Crippen molar-refractivity contribution in [2.24, 2.45) is 11.5 Å². The molecule has 7 N–H and O–H groups in total. The first kappa shape index (κ1) is 24.3. The number of benzene rings is 2. The third-order valence-electron chi connectivity index (χ3n) is 4.18. The van der Waals surface area contributed by atoms with Crippen LogP contribution in [0.1, 0.15) is 16.7 Å². The van der Waals surface area contributed by atoms with E-state index in [9.17, 15) is 23.1 Å². The highest BCUT2D eigenvalue weighted by Crippen LogP contribution is 2.11. The predicted molar refractivity (Wildman–Crippen MR) is 123 cm³/mol. The van der Waals surface area contributed by atoms with Crippen molar-refractivity contribution in [2.45, 2.75) is 17.4 Å². The van der Waals surface area contributed by atoms with Crippen molar-refractivity contribution < 1.29 is 23.1 Å². The predicted octanol–water partition coefficient (Wildman–Crippen LogP) is 0.0454. The number of carboxylic acids is 1. The van der Waals surface area contributed by atoms with Crippen molar-refractivity contribution in [3.05, 3.63) is 65.2 Å². The highest BCUT2D eigenvalue weighted by molar-refractivity contribution is 7.89. The van der Waals surface area contributed by atoms with E-state index in [1.807, 2.05) is 0 Å². The Hall–Kier alpha value is -2.93. The third-order valence-corrected chi connectivity index (χ3v) is 6.07. The molecule has 2 aromatic carbocycles. The normalized spacial score (nSPS) is 12.0. The average Bonchev–Trinajstić information content (AvgIpc) is 2.72. The summed E-state index contributed by atoms with van der Waals surface area (Å²) >= 11 is 9.67. The lowest BCUT2D eigenvalue weighted by Crippen LogP contribution is -2.46. The minimum atomic E-state index is -3.99. The monoisotopic (exact) mass is 480 g/mol. The zero-order chi connectivity index (χ0) is 23.2. The van der Waals surface area contributed by atoms with E-state index < -0.39 is 34.5 Å². The van der Waals surface area contributed by atoms with Gasteiger partial charge in [0.2, 0.25) is 15.9 Å². The Balaban J connectivity index is 1.98. The molecule has 1 amide bonds. The number of thiocarbonyl (C=S) groups is 2. The Kier molecular flexibility index (Phi) is 8.16.